The lowest BCUT2D eigenvalue weighted by molar-refractivity contribution is 0.195. The number of rotatable bonds is 2. The Bertz CT molecular complexity index is 402. The molecule has 2 N–H and O–H groups in total. The molecule has 0 bridgehead atoms. The van der Waals surface area contributed by atoms with E-state index in [1.54, 1.807) is 0 Å². The summed E-state index contributed by atoms with van der Waals surface area (Å²) in [6, 6.07) is 0.395. The van der Waals surface area contributed by atoms with Gasteiger partial charge in [-0.3, -0.25) is 4.90 Å². The van der Waals surface area contributed by atoms with Crippen LogP contribution < -0.4 is 5.32 Å². The lowest BCUT2D eigenvalue weighted by Gasteiger charge is -2.31. The predicted molar refractivity (Wildman–Crippen MR) is 71.7 cm³/mol. The molecule has 0 spiro atoms. The molecule has 18 heavy (non-hydrogen) atoms. The second kappa shape index (κ2) is 4.99. The lowest BCUT2D eigenvalue weighted by Crippen LogP contribution is -2.44. The van der Waals surface area contributed by atoms with E-state index in [9.17, 15) is 0 Å². The van der Waals surface area contributed by atoms with Crippen molar-refractivity contribution in [2.75, 3.05) is 46.8 Å². The van der Waals surface area contributed by atoms with Crippen molar-refractivity contribution in [3.63, 3.8) is 0 Å². The molecular formula is C13H23N5. The molecule has 1 aromatic rings. The van der Waals surface area contributed by atoms with E-state index >= 15 is 0 Å². The summed E-state index contributed by atoms with van der Waals surface area (Å²) in [4.78, 5) is 12.9. The molecule has 2 aliphatic heterocycles. The average Bonchev–Trinajstić information content (AvgIpc) is 2.98. The van der Waals surface area contributed by atoms with Crippen molar-refractivity contribution < 1.29 is 0 Å². The monoisotopic (exact) mass is 249 g/mol. The third-order valence-electron chi connectivity index (χ3n) is 4.27. The summed E-state index contributed by atoms with van der Waals surface area (Å²) >= 11 is 0. The zero-order valence-corrected chi connectivity index (χ0v) is 11.3. The highest BCUT2D eigenvalue weighted by Crippen LogP contribution is 2.26. The van der Waals surface area contributed by atoms with Crippen LogP contribution in [0.15, 0.2) is 6.20 Å². The Hall–Kier alpha value is -0.910. The van der Waals surface area contributed by atoms with E-state index in [1.165, 1.54) is 18.7 Å². The van der Waals surface area contributed by atoms with Gasteiger partial charge in [-0.25, -0.2) is 4.98 Å². The molecule has 0 amide bonds. The fourth-order valence-corrected chi connectivity index (χ4v) is 3.03. The number of nitrogens with one attached hydrogen (secondary N) is 2. The number of hydrogen-bond acceptors (Lipinski definition) is 4. The van der Waals surface area contributed by atoms with E-state index in [-0.39, 0.29) is 0 Å². The Labute approximate surface area is 109 Å². The third-order valence-corrected chi connectivity index (χ3v) is 4.27. The zero-order valence-electron chi connectivity index (χ0n) is 11.3. The van der Waals surface area contributed by atoms with Crippen LogP contribution in [0.4, 0.5) is 0 Å². The van der Waals surface area contributed by atoms with Gasteiger partial charge in [0.15, 0.2) is 0 Å². The number of aromatic nitrogens is 2. The summed E-state index contributed by atoms with van der Waals surface area (Å²) in [5.74, 6) is 1.76. The first kappa shape index (κ1) is 12.1. The van der Waals surface area contributed by atoms with Crippen LogP contribution in [0.5, 0.6) is 0 Å². The fourth-order valence-electron chi connectivity index (χ4n) is 3.03. The van der Waals surface area contributed by atoms with Crippen LogP contribution >= 0.6 is 0 Å². The molecule has 5 heteroatoms. The molecule has 2 fully saturated rings. The summed E-state index contributed by atoms with van der Waals surface area (Å²) in [5, 5.41) is 3.44. The van der Waals surface area contributed by atoms with Gasteiger partial charge >= 0.3 is 0 Å². The molecule has 3 rings (SSSR count). The van der Waals surface area contributed by atoms with Crippen molar-refractivity contribution in [3.8, 4) is 0 Å². The topological polar surface area (TPSA) is 47.2 Å². The van der Waals surface area contributed by atoms with E-state index in [0.717, 1.165) is 32.0 Å². The second-order valence-electron chi connectivity index (χ2n) is 5.67. The Kier molecular flexibility index (Phi) is 3.37. The van der Waals surface area contributed by atoms with Gasteiger partial charge in [0, 0.05) is 44.0 Å². The molecule has 0 aliphatic carbocycles. The van der Waals surface area contributed by atoms with Crippen LogP contribution in [0.2, 0.25) is 0 Å². The van der Waals surface area contributed by atoms with Crippen molar-refractivity contribution in [2.45, 2.75) is 18.4 Å². The molecule has 0 saturated carbocycles. The number of H-pyrrole nitrogens is 1. The standard InChI is InChI=1S/C13H23N5/c1-17-5-3-10(9-17)11-7-15-13(16-11)12-8-14-4-6-18(12)2/h7,10,12,14H,3-6,8-9H2,1-2H3,(H,15,16). The summed E-state index contributed by atoms with van der Waals surface area (Å²) in [7, 11) is 4.37. The fraction of sp³-hybridized carbons (Fsp3) is 0.769. The molecule has 2 unspecified atom stereocenters. The SMILES string of the molecule is CN1CCC(c2cnc(C3CNCCN3C)[nH]2)C1. The minimum atomic E-state index is 0.395. The van der Waals surface area contributed by atoms with Gasteiger partial charge in [0.2, 0.25) is 0 Å². The van der Waals surface area contributed by atoms with Crippen LogP contribution in [-0.4, -0.2) is 66.6 Å². The van der Waals surface area contributed by atoms with Gasteiger partial charge in [-0.1, -0.05) is 0 Å². The average molecular weight is 249 g/mol. The van der Waals surface area contributed by atoms with Crippen LogP contribution in [0.25, 0.3) is 0 Å². The van der Waals surface area contributed by atoms with Crippen LogP contribution in [-0.2, 0) is 0 Å². The van der Waals surface area contributed by atoms with Crippen molar-refractivity contribution >= 4 is 0 Å². The molecule has 2 aliphatic rings. The number of imidazole rings is 1. The van der Waals surface area contributed by atoms with E-state index in [1.807, 2.05) is 6.20 Å². The molecule has 1 aromatic heterocycles. The third kappa shape index (κ3) is 2.30. The Balaban J connectivity index is 1.72. The molecule has 5 nitrogen and oxygen atoms in total. The van der Waals surface area contributed by atoms with E-state index in [4.69, 9.17) is 0 Å². The lowest BCUT2D eigenvalue weighted by atomic mass is 10.1. The summed E-state index contributed by atoms with van der Waals surface area (Å²) in [6.45, 7) is 5.51. The second-order valence-corrected chi connectivity index (χ2v) is 5.67. The molecule has 0 radical (unpaired) electrons. The number of nitrogens with zero attached hydrogens (tertiary/aromatic N) is 3. The molecule has 2 atom stereocenters. The number of piperazine rings is 1. The Morgan fingerprint density at radius 1 is 1.33 bits per heavy atom. The minimum Gasteiger partial charge on any atom is -0.344 e. The largest absolute Gasteiger partial charge is 0.344 e. The summed E-state index contributed by atoms with van der Waals surface area (Å²) < 4.78 is 0. The molecule has 2 saturated heterocycles. The van der Waals surface area contributed by atoms with E-state index in [2.05, 4.69) is 39.2 Å². The van der Waals surface area contributed by atoms with E-state index in [0.29, 0.717) is 12.0 Å². The maximum atomic E-state index is 4.60. The van der Waals surface area contributed by atoms with Gasteiger partial charge in [0.05, 0.1) is 6.04 Å². The Morgan fingerprint density at radius 3 is 2.94 bits per heavy atom. The predicted octanol–water partition coefficient (Wildman–Crippen LogP) is 0.405. The highest BCUT2D eigenvalue weighted by atomic mass is 15.2. The number of hydrogen-bond donors (Lipinski definition) is 2. The smallest absolute Gasteiger partial charge is 0.124 e. The summed E-state index contributed by atoms with van der Waals surface area (Å²) in [6.07, 6.45) is 3.29. The van der Waals surface area contributed by atoms with Gasteiger partial charge in [0.1, 0.15) is 5.82 Å². The first-order chi connectivity index (χ1) is 8.74. The highest BCUT2D eigenvalue weighted by molar-refractivity contribution is 5.13. The van der Waals surface area contributed by atoms with Gasteiger partial charge in [-0.05, 0) is 27.1 Å². The van der Waals surface area contributed by atoms with E-state index < -0.39 is 0 Å². The van der Waals surface area contributed by atoms with Gasteiger partial charge < -0.3 is 15.2 Å². The first-order valence-corrected chi connectivity index (χ1v) is 6.88. The molecular weight excluding hydrogens is 226 g/mol. The van der Waals surface area contributed by atoms with Crippen LogP contribution in [0, 0.1) is 0 Å². The number of aromatic amines is 1. The molecule has 100 valence electrons. The van der Waals surface area contributed by atoms with Crippen molar-refractivity contribution in [2.24, 2.45) is 0 Å². The van der Waals surface area contributed by atoms with Gasteiger partial charge in [-0.2, -0.15) is 0 Å². The van der Waals surface area contributed by atoms with Gasteiger partial charge in [0.25, 0.3) is 0 Å². The van der Waals surface area contributed by atoms with Crippen LogP contribution in [0.1, 0.15) is 29.9 Å². The minimum absolute atomic E-state index is 0.395. The first-order valence-electron chi connectivity index (χ1n) is 6.88. The normalized spacial score (nSPS) is 31.0. The van der Waals surface area contributed by atoms with Gasteiger partial charge in [-0.15, -0.1) is 0 Å². The number of likely N-dealkylation sites (tertiary alicyclic amines) is 1. The Morgan fingerprint density at radius 2 is 2.22 bits per heavy atom. The highest BCUT2D eigenvalue weighted by Gasteiger charge is 2.26. The number of likely N-dealkylation sites (N-methyl/N-ethyl adjacent to an activating group) is 2. The molecule has 0 aromatic carbocycles. The summed E-state index contributed by atoms with van der Waals surface area (Å²) in [5.41, 5.74) is 1.31. The van der Waals surface area contributed by atoms with Crippen LogP contribution in [0.3, 0.4) is 0 Å². The maximum Gasteiger partial charge on any atom is 0.124 e. The quantitative estimate of drug-likeness (QED) is 0.797. The van der Waals surface area contributed by atoms with Crippen molar-refractivity contribution in [1.82, 2.24) is 25.1 Å². The maximum absolute atomic E-state index is 4.60. The van der Waals surface area contributed by atoms with Crippen molar-refractivity contribution in [1.29, 1.82) is 0 Å². The zero-order chi connectivity index (χ0) is 12.5. The van der Waals surface area contributed by atoms with Crippen molar-refractivity contribution in [3.05, 3.63) is 17.7 Å². The molecule has 3 heterocycles.